The molecule has 0 spiro atoms. The lowest BCUT2D eigenvalue weighted by Gasteiger charge is -2.40. The first-order chi connectivity index (χ1) is 10.9. The fraction of sp³-hybridized carbons (Fsp3) is 0.727. The predicted molar refractivity (Wildman–Crippen MR) is 87.8 cm³/mol. The van der Waals surface area contributed by atoms with E-state index < -0.39 is 0 Å². The smallest absolute Gasteiger partial charge is 0.0193 e. The molecule has 12 atom stereocenters. The molecule has 0 nitrogen and oxygen atoms in total. The molecule has 0 heterocycles. The van der Waals surface area contributed by atoms with Crippen LogP contribution >= 0.6 is 0 Å². The summed E-state index contributed by atoms with van der Waals surface area (Å²) >= 11 is 0. The van der Waals surface area contributed by atoms with Gasteiger partial charge >= 0.3 is 0 Å². The highest BCUT2D eigenvalue weighted by molar-refractivity contribution is 5.27. The van der Waals surface area contributed by atoms with Crippen LogP contribution in [0.25, 0.3) is 0 Å². The topological polar surface area (TPSA) is 0 Å². The van der Waals surface area contributed by atoms with Crippen LogP contribution in [-0.2, 0) is 0 Å². The molecule has 0 aromatic heterocycles. The van der Waals surface area contributed by atoms with Gasteiger partial charge in [-0.3, -0.25) is 0 Å². The van der Waals surface area contributed by atoms with Crippen LogP contribution in [0.2, 0.25) is 0 Å². The lowest BCUT2D eigenvalue weighted by atomic mass is 9.64. The zero-order chi connectivity index (χ0) is 14.0. The van der Waals surface area contributed by atoms with E-state index >= 15 is 0 Å². The van der Waals surface area contributed by atoms with Crippen molar-refractivity contribution in [3.8, 4) is 0 Å². The van der Waals surface area contributed by atoms with Crippen LogP contribution in [0.4, 0.5) is 0 Å². The molecule has 22 heavy (non-hydrogen) atoms. The maximum atomic E-state index is 2.64. The molecule has 0 heteroatoms. The van der Waals surface area contributed by atoms with Gasteiger partial charge in [0.05, 0.1) is 0 Å². The molecule has 0 aromatic carbocycles. The minimum atomic E-state index is 0.956. The summed E-state index contributed by atoms with van der Waals surface area (Å²) in [5.41, 5.74) is 0. The Morgan fingerprint density at radius 2 is 0.727 bits per heavy atom. The van der Waals surface area contributed by atoms with E-state index in [1.54, 1.807) is 6.42 Å². The quantitative estimate of drug-likeness (QED) is 0.567. The average molecular weight is 290 g/mol. The van der Waals surface area contributed by atoms with Gasteiger partial charge in [0.2, 0.25) is 0 Å². The Morgan fingerprint density at radius 3 is 1.23 bits per heavy atom. The molecule has 0 radical (unpaired) electrons. The van der Waals surface area contributed by atoms with E-state index in [2.05, 4.69) is 36.5 Å². The van der Waals surface area contributed by atoms with Gasteiger partial charge in [-0.15, -0.1) is 0 Å². The predicted octanol–water partition coefficient (Wildman–Crippen LogP) is 4.71. The molecule has 0 aromatic rings. The van der Waals surface area contributed by atoms with Crippen LogP contribution in [0.5, 0.6) is 0 Å². The first-order valence-electron chi connectivity index (χ1n) is 9.93. The lowest BCUT2D eigenvalue weighted by molar-refractivity contribution is 0.110. The Bertz CT molecular complexity index is 572. The van der Waals surface area contributed by atoms with Crippen LogP contribution in [-0.4, -0.2) is 0 Å². The van der Waals surface area contributed by atoms with Gasteiger partial charge < -0.3 is 0 Å². The normalized spacial score (nSPS) is 67.6. The van der Waals surface area contributed by atoms with Crippen LogP contribution in [0.15, 0.2) is 36.5 Å². The van der Waals surface area contributed by atoms with Gasteiger partial charge in [0, 0.05) is 0 Å². The van der Waals surface area contributed by atoms with Crippen molar-refractivity contribution in [2.75, 3.05) is 0 Å². The standard InChI is InChI=1S/C22H26/c1-3-13-7-11(1)17-10-18-12-2-4-14(8-12)20(18)22-16-6-5-15(9-16)21(22)19(13)17/h1-6,11-22H,7-10H2. The lowest BCUT2D eigenvalue weighted by Crippen LogP contribution is -2.36. The van der Waals surface area contributed by atoms with Gasteiger partial charge in [0.25, 0.3) is 0 Å². The van der Waals surface area contributed by atoms with E-state index in [-0.39, 0.29) is 0 Å². The third kappa shape index (κ3) is 1.16. The van der Waals surface area contributed by atoms with Gasteiger partial charge in [0.1, 0.15) is 0 Å². The zero-order valence-electron chi connectivity index (χ0n) is 13.2. The van der Waals surface area contributed by atoms with Crippen LogP contribution in [0.1, 0.15) is 25.7 Å². The highest BCUT2D eigenvalue weighted by atomic mass is 14.7. The summed E-state index contributed by atoms with van der Waals surface area (Å²) in [6, 6.07) is 0. The van der Waals surface area contributed by atoms with Crippen molar-refractivity contribution in [2.45, 2.75) is 25.7 Å². The Hall–Kier alpha value is -0.780. The molecule has 7 rings (SSSR count). The van der Waals surface area contributed by atoms with Crippen molar-refractivity contribution in [3.63, 3.8) is 0 Å². The summed E-state index contributed by atoms with van der Waals surface area (Å²) in [4.78, 5) is 0. The first-order valence-corrected chi connectivity index (χ1v) is 9.93. The molecule has 4 saturated carbocycles. The Morgan fingerprint density at radius 1 is 0.364 bits per heavy atom. The number of fused-ring (bicyclic) bond motifs is 17. The van der Waals surface area contributed by atoms with Gasteiger partial charge in [-0.1, -0.05) is 36.5 Å². The Kier molecular flexibility index (Phi) is 1.94. The fourth-order valence-electron chi connectivity index (χ4n) is 9.03. The van der Waals surface area contributed by atoms with Crippen molar-refractivity contribution in [2.24, 2.45) is 71.0 Å². The highest BCUT2D eigenvalue weighted by Crippen LogP contribution is 2.70. The largest absolute Gasteiger partial charge is 0.0848 e. The van der Waals surface area contributed by atoms with Gasteiger partial charge in [0.15, 0.2) is 0 Å². The molecule has 12 unspecified atom stereocenters. The Balaban J connectivity index is 1.41. The number of rotatable bonds is 0. The van der Waals surface area contributed by atoms with E-state index in [9.17, 15) is 0 Å². The van der Waals surface area contributed by atoms with Crippen molar-refractivity contribution in [3.05, 3.63) is 36.5 Å². The maximum Gasteiger partial charge on any atom is -0.0193 e. The van der Waals surface area contributed by atoms with E-state index in [0.717, 1.165) is 71.0 Å². The molecule has 0 amide bonds. The summed E-state index contributed by atoms with van der Waals surface area (Å²) < 4.78 is 0. The monoisotopic (exact) mass is 290 g/mol. The zero-order valence-corrected chi connectivity index (χ0v) is 13.2. The van der Waals surface area contributed by atoms with Crippen LogP contribution in [0, 0.1) is 71.0 Å². The van der Waals surface area contributed by atoms with E-state index in [1.807, 2.05) is 0 Å². The molecular weight excluding hydrogens is 264 g/mol. The number of allylic oxidation sites excluding steroid dienone is 6. The summed E-state index contributed by atoms with van der Waals surface area (Å²) in [6.07, 6.45) is 21.9. The summed E-state index contributed by atoms with van der Waals surface area (Å²) in [5, 5.41) is 0. The summed E-state index contributed by atoms with van der Waals surface area (Å²) in [5.74, 6) is 12.1. The average Bonchev–Trinajstić information content (AvgIpc) is 3.34. The molecule has 0 saturated heterocycles. The number of hydrogen-bond acceptors (Lipinski definition) is 0. The number of hydrogen-bond donors (Lipinski definition) is 0. The second-order valence-electron chi connectivity index (χ2n) is 9.72. The van der Waals surface area contributed by atoms with E-state index in [0.29, 0.717) is 0 Å². The van der Waals surface area contributed by atoms with Gasteiger partial charge in [-0.25, -0.2) is 0 Å². The minimum Gasteiger partial charge on any atom is -0.0848 e. The molecule has 0 N–H and O–H groups in total. The van der Waals surface area contributed by atoms with Crippen molar-refractivity contribution in [1.29, 1.82) is 0 Å². The van der Waals surface area contributed by atoms with Crippen molar-refractivity contribution >= 4 is 0 Å². The van der Waals surface area contributed by atoms with Crippen molar-refractivity contribution < 1.29 is 0 Å². The highest BCUT2D eigenvalue weighted by Gasteiger charge is 2.64. The second kappa shape index (κ2) is 3.65. The van der Waals surface area contributed by atoms with E-state index in [1.165, 1.54) is 19.3 Å². The SMILES string of the molecule is C1=CC2CC1C1CC3C4C=CC(C4)C3C3C4C=CC(C4)C3C21. The third-order valence-electron chi connectivity index (χ3n) is 9.39. The molecule has 7 aliphatic carbocycles. The second-order valence-corrected chi connectivity index (χ2v) is 9.72. The first kappa shape index (κ1) is 11.7. The summed E-state index contributed by atoms with van der Waals surface area (Å²) in [6.45, 7) is 0. The van der Waals surface area contributed by atoms with Gasteiger partial charge in [-0.05, 0) is 96.7 Å². The third-order valence-corrected chi connectivity index (χ3v) is 9.39. The minimum absolute atomic E-state index is 0.956. The van der Waals surface area contributed by atoms with Crippen LogP contribution in [0.3, 0.4) is 0 Å². The maximum absolute atomic E-state index is 2.64. The van der Waals surface area contributed by atoms with E-state index in [4.69, 9.17) is 0 Å². The molecular formula is C22H26. The molecule has 7 aliphatic rings. The van der Waals surface area contributed by atoms with Gasteiger partial charge in [-0.2, -0.15) is 0 Å². The van der Waals surface area contributed by atoms with Crippen molar-refractivity contribution in [1.82, 2.24) is 0 Å². The molecule has 0 aliphatic heterocycles. The summed E-state index contributed by atoms with van der Waals surface area (Å²) in [7, 11) is 0. The molecule has 6 bridgehead atoms. The fourth-order valence-corrected chi connectivity index (χ4v) is 9.03. The Labute approximate surface area is 133 Å². The molecule has 114 valence electrons. The van der Waals surface area contributed by atoms with Crippen LogP contribution < -0.4 is 0 Å². The molecule has 4 fully saturated rings.